The number of halogens is 1. The Morgan fingerprint density at radius 3 is 3.06 bits per heavy atom. The van der Waals surface area contributed by atoms with Crippen molar-refractivity contribution in [3.05, 3.63) is 34.1 Å². The maximum atomic E-state index is 12.0. The number of aromatic nitrogens is 3. The molecule has 0 unspecified atom stereocenters. The zero-order valence-corrected chi connectivity index (χ0v) is 10.7. The fraction of sp³-hybridized carbons (Fsp3) is 0.182. The van der Waals surface area contributed by atoms with Crippen molar-refractivity contribution in [3.8, 4) is 9.85 Å². The minimum atomic E-state index is -0.137. The Hall–Kier alpha value is -1.42. The molecule has 0 bridgehead atoms. The van der Waals surface area contributed by atoms with Crippen molar-refractivity contribution in [3.63, 3.8) is 0 Å². The molecule has 2 rings (SSSR count). The lowest BCUT2D eigenvalue weighted by Gasteiger charge is -2.02. The molecule has 2 aromatic rings. The summed E-state index contributed by atoms with van der Waals surface area (Å²) in [5.74, 6) is 2.79. The first-order chi connectivity index (χ1) is 7.74. The van der Waals surface area contributed by atoms with Crippen LogP contribution in [-0.4, -0.2) is 15.0 Å². The molecule has 0 spiro atoms. The highest BCUT2D eigenvalue weighted by molar-refractivity contribution is 14.1. The Morgan fingerprint density at radius 1 is 1.50 bits per heavy atom. The molecule has 0 aliphatic carbocycles. The van der Waals surface area contributed by atoms with Gasteiger partial charge in [-0.05, 0) is 22.5 Å². The summed E-state index contributed by atoms with van der Waals surface area (Å²) < 4.78 is 3.98. The number of fused-ring (bicyclic) bond motifs is 1. The highest BCUT2D eigenvalue weighted by Gasteiger charge is 2.06. The molecule has 0 saturated carbocycles. The first kappa shape index (κ1) is 11.1. The van der Waals surface area contributed by atoms with Gasteiger partial charge in [0.1, 0.15) is 12.1 Å². The molecule has 0 aliphatic rings. The molecule has 1 heterocycles. The van der Waals surface area contributed by atoms with E-state index in [-0.39, 0.29) is 12.1 Å². The molecule has 0 aliphatic heterocycles. The smallest absolute Gasteiger partial charge is 0.267 e. The SMILES string of the molecule is Cc1cccc2nnn(CC#CI)c(=O)c12. The molecule has 0 saturated heterocycles. The van der Waals surface area contributed by atoms with Gasteiger partial charge in [0.15, 0.2) is 0 Å². The lowest BCUT2D eigenvalue weighted by molar-refractivity contribution is 0.620. The molecule has 0 atom stereocenters. The Bertz CT molecular complexity index is 652. The first-order valence-electron chi connectivity index (χ1n) is 4.65. The van der Waals surface area contributed by atoms with Crippen LogP contribution < -0.4 is 5.56 Å². The van der Waals surface area contributed by atoms with Crippen LogP contribution in [0.25, 0.3) is 10.9 Å². The van der Waals surface area contributed by atoms with Crippen LogP contribution in [-0.2, 0) is 6.54 Å². The molecule has 80 valence electrons. The van der Waals surface area contributed by atoms with Gasteiger partial charge in [0.05, 0.1) is 5.39 Å². The summed E-state index contributed by atoms with van der Waals surface area (Å²) in [5, 5.41) is 8.45. The number of hydrogen-bond acceptors (Lipinski definition) is 3. The summed E-state index contributed by atoms with van der Waals surface area (Å²) >= 11 is 1.93. The van der Waals surface area contributed by atoms with E-state index in [0.29, 0.717) is 10.9 Å². The highest BCUT2D eigenvalue weighted by Crippen LogP contribution is 2.09. The van der Waals surface area contributed by atoms with E-state index >= 15 is 0 Å². The number of aryl methyl sites for hydroxylation is 1. The largest absolute Gasteiger partial charge is 0.278 e. The molecule has 0 N–H and O–H groups in total. The average Bonchev–Trinajstić information content (AvgIpc) is 2.28. The maximum Gasteiger partial charge on any atom is 0.278 e. The van der Waals surface area contributed by atoms with Crippen LogP contribution in [0.3, 0.4) is 0 Å². The zero-order chi connectivity index (χ0) is 11.5. The zero-order valence-electron chi connectivity index (χ0n) is 8.57. The molecule has 5 heteroatoms. The number of hydrogen-bond donors (Lipinski definition) is 0. The number of benzene rings is 1. The van der Waals surface area contributed by atoms with Gasteiger partial charge in [-0.3, -0.25) is 4.79 Å². The predicted octanol–water partition coefficient (Wildman–Crippen LogP) is 1.50. The minimum absolute atomic E-state index is 0.137. The van der Waals surface area contributed by atoms with E-state index in [0.717, 1.165) is 5.56 Å². The van der Waals surface area contributed by atoms with Crippen molar-refractivity contribution in [2.75, 3.05) is 0 Å². The normalized spacial score (nSPS) is 9.88. The molecule has 0 amide bonds. The second-order valence-corrected chi connectivity index (χ2v) is 3.83. The van der Waals surface area contributed by atoms with E-state index in [4.69, 9.17) is 0 Å². The van der Waals surface area contributed by atoms with Crippen molar-refractivity contribution in [1.82, 2.24) is 15.0 Å². The van der Waals surface area contributed by atoms with Crippen LogP contribution in [0, 0.1) is 16.8 Å². The summed E-state index contributed by atoms with van der Waals surface area (Å²) in [6.07, 6.45) is 0. The Balaban J connectivity index is 2.72. The second kappa shape index (κ2) is 4.61. The van der Waals surface area contributed by atoms with Crippen LogP contribution in [0.15, 0.2) is 23.0 Å². The van der Waals surface area contributed by atoms with Crippen molar-refractivity contribution < 1.29 is 0 Å². The standard InChI is InChI=1S/C11H8IN3O/c1-8-4-2-5-9-10(8)11(16)15(14-13-9)7-3-6-12/h2,4-5H,7H2,1H3. The Morgan fingerprint density at radius 2 is 2.31 bits per heavy atom. The third-order valence-electron chi connectivity index (χ3n) is 2.26. The van der Waals surface area contributed by atoms with Crippen molar-refractivity contribution in [2.24, 2.45) is 0 Å². The van der Waals surface area contributed by atoms with Gasteiger partial charge in [0.25, 0.3) is 5.56 Å². The van der Waals surface area contributed by atoms with E-state index in [1.165, 1.54) is 4.68 Å². The molecular formula is C11H8IN3O. The molecule has 4 nitrogen and oxygen atoms in total. The Kier molecular flexibility index (Phi) is 3.19. The van der Waals surface area contributed by atoms with Gasteiger partial charge in [-0.25, -0.2) is 0 Å². The van der Waals surface area contributed by atoms with Crippen molar-refractivity contribution in [1.29, 1.82) is 0 Å². The monoisotopic (exact) mass is 325 g/mol. The quantitative estimate of drug-likeness (QED) is 0.590. The van der Waals surface area contributed by atoms with E-state index in [1.54, 1.807) is 6.07 Å². The lowest BCUT2D eigenvalue weighted by Crippen LogP contribution is -2.24. The fourth-order valence-corrected chi connectivity index (χ4v) is 1.66. The van der Waals surface area contributed by atoms with Crippen LogP contribution in [0.5, 0.6) is 0 Å². The van der Waals surface area contributed by atoms with Gasteiger partial charge in [-0.15, -0.1) is 5.10 Å². The molecule has 1 aromatic carbocycles. The molecular weight excluding hydrogens is 317 g/mol. The number of nitrogens with zero attached hydrogens (tertiary/aromatic N) is 3. The van der Waals surface area contributed by atoms with Crippen LogP contribution in [0.1, 0.15) is 5.56 Å². The minimum Gasteiger partial charge on any atom is -0.267 e. The fourth-order valence-electron chi connectivity index (χ4n) is 1.49. The van der Waals surface area contributed by atoms with Gasteiger partial charge in [-0.1, -0.05) is 23.3 Å². The highest BCUT2D eigenvalue weighted by atomic mass is 127. The van der Waals surface area contributed by atoms with E-state index in [9.17, 15) is 4.79 Å². The lowest BCUT2D eigenvalue weighted by atomic mass is 10.1. The Labute approximate surface area is 106 Å². The maximum absolute atomic E-state index is 12.0. The number of rotatable bonds is 1. The van der Waals surface area contributed by atoms with Crippen LogP contribution in [0.4, 0.5) is 0 Å². The van der Waals surface area contributed by atoms with Gasteiger partial charge in [-0.2, -0.15) is 4.68 Å². The summed E-state index contributed by atoms with van der Waals surface area (Å²) in [4.78, 5) is 12.0. The van der Waals surface area contributed by atoms with E-state index < -0.39 is 0 Å². The predicted molar refractivity (Wildman–Crippen MR) is 70.3 cm³/mol. The summed E-state index contributed by atoms with van der Waals surface area (Å²) in [7, 11) is 0. The summed E-state index contributed by atoms with van der Waals surface area (Å²) in [6.45, 7) is 2.17. The van der Waals surface area contributed by atoms with Crippen LogP contribution >= 0.6 is 22.6 Å². The van der Waals surface area contributed by atoms with Gasteiger partial charge in [0.2, 0.25) is 0 Å². The third-order valence-corrected chi connectivity index (χ3v) is 2.64. The van der Waals surface area contributed by atoms with Crippen molar-refractivity contribution >= 4 is 33.5 Å². The van der Waals surface area contributed by atoms with Gasteiger partial charge >= 0.3 is 0 Å². The summed E-state index contributed by atoms with van der Waals surface area (Å²) in [5.41, 5.74) is 1.40. The first-order valence-corrected chi connectivity index (χ1v) is 5.73. The summed E-state index contributed by atoms with van der Waals surface area (Å²) in [6, 6.07) is 5.53. The van der Waals surface area contributed by atoms with Crippen molar-refractivity contribution in [2.45, 2.75) is 13.5 Å². The molecule has 0 radical (unpaired) electrons. The second-order valence-electron chi connectivity index (χ2n) is 3.29. The van der Waals surface area contributed by atoms with E-state index in [2.05, 4.69) is 20.2 Å². The average molecular weight is 325 g/mol. The molecule has 0 fully saturated rings. The van der Waals surface area contributed by atoms with Crippen LogP contribution in [0.2, 0.25) is 0 Å². The third kappa shape index (κ3) is 1.93. The van der Waals surface area contributed by atoms with E-state index in [1.807, 2.05) is 41.6 Å². The molecule has 16 heavy (non-hydrogen) atoms. The topological polar surface area (TPSA) is 47.8 Å². The van der Waals surface area contributed by atoms with Gasteiger partial charge in [0, 0.05) is 22.6 Å². The molecule has 1 aromatic heterocycles. The van der Waals surface area contributed by atoms with Gasteiger partial charge < -0.3 is 0 Å².